The van der Waals surface area contributed by atoms with Crippen LogP contribution in [0.2, 0.25) is 5.02 Å². The lowest BCUT2D eigenvalue weighted by Crippen LogP contribution is -2.37. The summed E-state index contributed by atoms with van der Waals surface area (Å²) in [4.78, 5) is 43.2. The van der Waals surface area contributed by atoms with Crippen LogP contribution in [0.1, 0.15) is 16.8 Å². The number of carbonyl (C=O) groups is 3. The van der Waals surface area contributed by atoms with E-state index in [0.717, 1.165) is 38.4 Å². The van der Waals surface area contributed by atoms with E-state index < -0.39 is 0 Å². The molecule has 1 aliphatic rings. The van der Waals surface area contributed by atoms with Gasteiger partial charge in [0.05, 0.1) is 22.0 Å². The van der Waals surface area contributed by atoms with Gasteiger partial charge >= 0.3 is 0 Å². The fraction of sp³-hybridized carbons (Fsp3) is 0.167. The van der Waals surface area contributed by atoms with Gasteiger partial charge in [-0.15, -0.1) is 11.3 Å². The second-order valence-corrected chi connectivity index (χ2v) is 9.65. The van der Waals surface area contributed by atoms with Gasteiger partial charge in [0.1, 0.15) is 5.01 Å². The molecule has 0 spiro atoms. The number of nitrogens with one attached hydrogen (secondary N) is 1. The van der Waals surface area contributed by atoms with Crippen molar-refractivity contribution in [3.8, 4) is 10.6 Å². The average molecular weight is 498 g/mol. The summed E-state index contributed by atoms with van der Waals surface area (Å²) in [7, 11) is 0. The van der Waals surface area contributed by atoms with Crippen LogP contribution in [0.4, 0.5) is 4.79 Å². The Morgan fingerprint density at radius 1 is 1.15 bits per heavy atom. The predicted molar refractivity (Wildman–Crippen MR) is 133 cm³/mol. The molecule has 0 bridgehead atoms. The molecule has 3 amide bonds. The first-order chi connectivity index (χ1) is 15.9. The van der Waals surface area contributed by atoms with Crippen LogP contribution < -0.4 is 5.32 Å². The maximum Gasteiger partial charge on any atom is 0.293 e. The third-order valence-electron chi connectivity index (χ3n) is 4.90. The highest BCUT2D eigenvalue weighted by atomic mass is 35.5. The van der Waals surface area contributed by atoms with Gasteiger partial charge in [-0.2, -0.15) is 0 Å². The minimum absolute atomic E-state index is 0.107. The molecule has 0 atom stereocenters. The molecule has 1 aliphatic heterocycles. The molecule has 3 aromatic rings. The number of carbonyl (C=O) groups excluding carboxylic acids is 3. The first kappa shape index (κ1) is 23.2. The van der Waals surface area contributed by atoms with Gasteiger partial charge in [-0.1, -0.05) is 59.6 Å². The third-order valence-corrected chi connectivity index (χ3v) is 7.07. The van der Waals surface area contributed by atoms with E-state index >= 15 is 0 Å². The lowest BCUT2D eigenvalue weighted by molar-refractivity contribution is -0.124. The zero-order chi connectivity index (χ0) is 23.4. The lowest BCUT2D eigenvalue weighted by Gasteiger charge is -2.12. The Bertz CT molecular complexity index is 1240. The monoisotopic (exact) mass is 497 g/mol. The van der Waals surface area contributed by atoms with Crippen LogP contribution in [0.5, 0.6) is 0 Å². The van der Waals surface area contributed by atoms with Gasteiger partial charge in [0, 0.05) is 24.0 Å². The number of rotatable bonds is 7. The highest BCUT2D eigenvalue weighted by Crippen LogP contribution is 2.32. The Morgan fingerprint density at radius 2 is 1.91 bits per heavy atom. The van der Waals surface area contributed by atoms with Crippen molar-refractivity contribution in [2.24, 2.45) is 0 Å². The smallest absolute Gasteiger partial charge is 0.293 e. The van der Waals surface area contributed by atoms with Gasteiger partial charge in [-0.05, 0) is 36.4 Å². The van der Waals surface area contributed by atoms with Crippen LogP contribution in [-0.2, 0) is 16.0 Å². The fourth-order valence-electron chi connectivity index (χ4n) is 3.19. The van der Waals surface area contributed by atoms with Crippen LogP contribution in [0.3, 0.4) is 0 Å². The Balaban J connectivity index is 1.29. The molecule has 2 aromatic carbocycles. The molecule has 1 fully saturated rings. The zero-order valence-corrected chi connectivity index (χ0v) is 20.1. The Hall–Kier alpha value is -2.94. The number of imide groups is 1. The molecular formula is C24H20ClN3O3S2. The molecule has 0 aliphatic carbocycles. The summed E-state index contributed by atoms with van der Waals surface area (Å²) in [5.74, 6) is -0.572. The molecule has 4 rings (SSSR count). The lowest BCUT2D eigenvalue weighted by atomic mass is 10.1. The SMILES string of the molecule is Cc1ccc(/C=C2\SC(=O)N(CCNC(=O)Cc3csc(-c4ccccc4Cl)n3)C2=O)cc1. The maximum atomic E-state index is 12.6. The van der Waals surface area contributed by atoms with Crippen LogP contribution in [0.25, 0.3) is 16.6 Å². The summed E-state index contributed by atoms with van der Waals surface area (Å²) < 4.78 is 0. The molecule has 1 saturated heterocycles. The van der Waals surface area contributed by atoms with E-state index in [4.69, 9.17) is 11.6 Å². The highest BCUT2D eigenvalue weighted by molar-refractivity contribution is 8.18. The number of nitrogens with zero attached hydrogens (tertiary/aromatic N) is 2. The molecule has 1 aromatic heterocycles. The Morgan fingerprint density at radius 3 is 2.67 bits per heavy atom. The molecule has 1 N–H and O–H groups in total. The first-order valence-corrected chi connectivity index (χ1v) is 12.3. The van der Waals surface area contributed by atoms with Crippen molar-refractivity contribution in [2.45, 2.75) is 13.3 Å². The molecule has 2 heterocycles. The summed E-state index contributed by atoms with van der Waals surface area (Å²) in [6, 6.07) is 15.1. The summed E-state index contributed by atoms with van der Waals surface area (Å²) >= 11 is 8.55. The molecular weight excluding hydrogens is 478 g/mol. The minimum Gasteiger partial charge on any atom is -0.354 e. The number of halogens is 1. The van der Waals surface area contributed by atoms with E-state index in [1.54, 1.807) is 12.1 Å². The van der Waals surface area contributed by atoms with E-state index in [1.165, 1.54) is 11.3 Å². The summed E-state index contributed by atoms with van der Waals surface area (Å²) in [5, 5.41) is 5.60. The number of benzene rings is 2. The van der Waals surface area contributed by atoms with Crippen molar-refractivity contribution in [3.63, 3.8) is 0 Å². The van der Waals surface area contributed by atoms with Crippen molar-refractivity contribution < 1.29 is 14.4 Å². The second-order valence-electron chi connectivity index (χ2n) is 7.39. The highest BCUT2D eigenvalue weighted by Gasteiger charge is 2.34. The first-order valence-electron chi connectivity index (χ1n) is 10.2. The summed E-state index contributed by atoms with van der Waals surface area (Å²) in [5.41, 5.74) is 3.45. The number of amides is 3. The van der Waals surface area contributed by atoms with Gasteiger partial charge in [0.15, 0.2) is 0 Å². The van der Waals surface area contributed by atoms with Gasteiger partial charge in [0.25, 0.3) is 11.1 Å². The largest absolute Gasteiger partial charge is 0.354 e. The molecule has 0 saturated carbocycles. The number of hydrogen-bond donors (Lipinski definition) is 1. The third kappa shape index (κ3) is 5.71. The molecule has 6 nitrogen and oxygen atoms in total. The van der Waals surface area contributed by atoms with Crippen molar-refractivity contribution in [2.75, 3.05) is 13.1 Å². The molecule has 9 heteroatoms. The molecule has 0 radical (unpaired) electrons. The Labute approximate surface area is 204 Å². The van der Waals surface area contributed by atoms with Crippen molar-refractivity contribution >= 4 is 57.8 Å². The molecule has 0 unspecified atom stereocenters. The topological polar surface area (TPSA) is 79.4 Å². The number of hydrogen-bond acceptors (Lipinski definition) is 6. The predicted octanol–water partition coefficient (Wildman–Crippen LogP) is 5.17. The van der Waals surface area contributed by atoms with Gasteiger partial charge in [-0.25, -0.2) is 4.98 Å². The van der Waals surface area contributed by atoms with E-state index in [1.807, 2.05) is 54.8 Å². The normalized spacial score (nSPS) is 14.8. The van der Waals surface area contributed by atoms with Crippen LogP contribution in [-0.4, -0.2) is 40.0 Å². The quantitative estimate of drug-likeness (QED) is 0.456. The van der Waals surface area contributed by atoms with E-state index in [-0.39, 0.29) is 36.6 Å². The maximum absolute atomic E-state index is 12.6. The molecule has 33 heavy (non-hydrogen) atoms. The van der Waals surface area contributed by atoms with E-state index in [0.29, 0.717) is 15.6 Å². The Kier molecular flexibility index (Phi) is 7.27. The standard InChI is InChI=1S/C24H20ClN3O3S2/c1-15-6-8-16(9-7-15)12-20-23(30)28(24(31)33-20)11-10-26-21(29)13-17-14-32-22(27-17)18-4-2-3-5-19(18)25/h2-9,12,14H,10-11,13H2,1H3,(H,26,29)/b20-12-. The zero-order valence-electron chi connectivity index (χ0n) is 17.7. The fourth-order valence-corrected chi connectivity index (χ4v) is 5.19. The summed E-state index contributed by atoms with van der Waals surface area (Å²) in [6.07, 6.45) is 1.82. The summed E-state index contributed by atoms with van der Waals surface area (Å²) in [6.45, 7) is 2.28. The van der Waals surface area contributed by atoms with Crippen molar-refractivity contribution in [1.82, 2.24) is 15.2 Å². The average Bonchev–Trinajstić information content (AvgIpc) is 3.35. The molecule has 168 valence electrons. The van der Waals surface area contributed by atoms with Crippen molar-refractivity contribution in [1.29, 1.82) is 0 Å². The number of aromatic nitrogens is 1. The number of thioether (sulfide) groups is 1. The van der Waals surface area contributed by atoms with Gasteiger partial charge in [-0.3, -0.25) is 19.3 Å². The number of thiazole rings is 1. The van der Waals surface area contributed by atoms with E-state index in [2.05, 4.69) is 10.3 Å². The van der Waals surface area contributed by atoms with Gasteiger partial charge in [0.2, 0.25) is 5.91 Å². The van der Waals surface area contributed by atoms with E-state index in [9.17, 15) is 14.4 Å². The van der Waals surface area contributed by atoms with Crippen LogP contribution in [0.15, 0.2) is 58.8 Å². The van der Waals surface area contributed by atoms with Crippen LogP contribution >= 0.6 is 34.7 Å². The van der Waals surface area contributed by atoms with Crippen molar-refractivity contribution in [3.05, 3.63) is 80.7 Å². The number of aryl methyl sites for hydroxylation is 1. The minimum atomic E-state index is -0.344. The van der Waals surface area contributed by atoms with Crippen LogP contribution in [0, 0.1) is 6.92 Å². The second kappa shape index (κ2) is 10.3. The van der Waals surface area contributed by atoms with Gasteiger partial charge < -0.3 is 5.32 Å².